The summed E-state index contributed by atoms with van der Waals surface area (Å²) in [5, 5.41) is 6.20. The molecule has 5 rings (SSSR count). The van der Waals surface area contributed by atoms with Gasteiger partial charge in [0.25, 0.3) is 0 Å². The summed E-state index contributed by atoms with van der Waals surface area (Å²) in [5.41, 5.74) is 3.73. The van der Waals surface area contributed by atoms with Crippen molar-refractivity contribution in [1.29, 1.82) is 0 Å². The molecule has 1 aliphatic heterocycles. The van der Waals surface area contributed by atoms with Crippen molar-refractivity contribution in [3.05, 3.63) is 114 Å². The van der Waals surface area contributed by atoms with E-state index in [9.17, 15) is 0 Å². The van der Waals surface area contributed by atoms with Gasteiger partial charge in [0.1, 0.15) is 5.75 Å². The third-order valence-corrected chi connectivity index (χ3v) is 8.49. The van der Waals surface area contributed by atoms with Crippen LogP contribution in [-0.2, 0) is 22.7 Å². The molecule has 1 saturated heterocycles. The summed E-state index contributed by atoms with van der Waals surface area (Å²) in [6.07, 6.45) is 0.936. The highest BCUT2D eigenvalue weighted by molar-refractivity contribution is 5.82. The van der Waals surface area contributed by atoms with Crippen molar-refractivity contribution in [1.82, 2.24) is 15.1 Å². The van der Waals surface area contributed by atoms with Crippen molar-refractivity contribution in [2.45, 2.75) is 31.7 Å². The third-order valence-electron chi connectivity index (χ3n) is 8.49. The molecule has 4 aromatic rings. The lowest BCUT2D eigenvalue weighted by Gasteiger charge is -2.40. The quantitative estimate of drug-likeness (QED) is 0.156. The van der Waals surface area contributed by atoms with Crippen LogP contribution in [0.2, 0.25) is 0 Å². The first kappa shape index (κ1) is 32.1. The van der Waals surface area contributed by atoms with Gasteiger partial charge in [-0.05, 0) is 79.3 Å². The van der Waals surface area contributed by atoms with Crippen molar-refractivity contribution >= 4 is 10.8 Å². The highest BCUT2D eigenvalue weighted by Gasteiger charge is 2.35. The van der Waals surface area contributed by atoms with Crippen LogP contribution in [0.1, 0.15) is 29.0 Å². The lowest BCUT2D eigenvalue weighted by Crippen LogP contribution is -2.50. The summed E-state index contributed by atoms with van der Waals surface area (Å²) in [6, 6.07) is 34.2. The van der Waals surface area contributed by atoms with E-state index in [0.29, 0.717) is 38.3 Å². The molecular weight excluding hydrogens is 546 g/mol. The molecule has 4 aromatic carbocycles. The first-order valence-electron chi connectivity index (χ1n) is 16.0. The Balaban J connectivity index is 1.20. The van der Waals surface area contributed by atoms with Crippen LogP contribution in [0.15, 0.2) is 97.1 Å². The molecule has 0 aliphatic carbocycles. The lowest BCUT2D eigenvalue weighted by atomic mass is 9.78. The highest BCUT2D eigenvalue weighted by atomic mass is 16.5. The number of hydrogen-bond acceptors (Lipinski definition) is 6. The van der Waals surface area contributed by atoms with Crippen LogP contribution in [0.5, 0.6) is 5.75 Å². The van der Waals surface area contributed by atoms with E-state index in [1.807, 2.05) is 18.2 Å². The fourth-order valence-corrected chi connectivity index (χ4v) is 6.09. The summed E-state index contributed by atoms with van der Waals surface area (Å²) in [7, 11) is 6.51. The number of fused-ring (bicyclic) bond motifs is 1. The summed E-state index contributed by atoms with van der Waals surface area (Å²) in [5.74, 6) is 1.63. The van der Waals surface area contributed by atoms with Gasteiger partial charge in [0.15, 0.2) is 0 Å². The molecule has 1 aliphatic rings. The van der Waals surface area contributed by atoms with Gasteiger partial charge in [-0.15, -0.1) is 0 Å². The monoisotopic (exact) mass is 595 g/mol. The molecule has 234 valence electrons. The molecule has 0 bridgehead atoms. The summed E-state index contributed by atoms with van der Waals surface area (Å²) in [4.78, 5) is 4.71. The van der Waals surface area contributed by atoms with Crippen LogP contribution < -0.4 is 10.1 Å². The predicted molar refractivity (Wildman–Crippen MR) is 180 cm³/mol. The molecule has 0 aromatic heterocycles. The topological polar surface area (TPSA) is 46.2 Å². The van der Waals surface area contributed by atoms with Gasteiger partial charge in [-0.25, -0.2) is 0 Å². The number of benzene rings is 4. The number of nitrogens with one attached hydrogen (secondary N) is 1. The Kier molecular flexibility index (Phi) is 12.2. The van der Waals surface area contributed by atoms with E-state index in [0.717, 1.165) is 44.9 Å². The van der Waals surface area contributed by atoms with E-state index >= 15 is 0 Å². The van der Waals surface area contributed by atoms with Gasteiger partial charge in [0.2, 0.25) is 0 Å². The van der Waals surface area contributed by atoms with Gasteiger partial charge in [0.05, 0.1) is 32.5 Å². The van der Waals surface area contributed by atoms with Crippen LogP contribution >= 0.6 is 0 Å². The minimum atomic E-state index is 0.0796. The van der Waals surface area contributed by atoms with Crippen molar-refractivity contribution in [2.24, 2.45) is 5.92 Å². The lowest BCUT2D eigenvalue weighted by molar-refractivity contribution is -0.0105. The molecule has 0 unspecified atom stereocenters. The maximum Gasteiger partial charge on any atom is 0.119 e. The van der Waals surface area contributed by atoms with E-state index in [-0.39, 0.29) is 6.10 Å². The number of nitrogens with zero attached hydrogens (tertiary/aromatic N) is 2. The molecule has 1 fully saturated rings. The number of piperidine rings is 1. The molecular formula is C38H49N3O3. The SMILES string of the molecule is CN(C)CCN(C)C[C@@H]1CNC[C@H](OCc2ccc3ccccc3c2)[C@H]1c1ccc(OCCCOCc2ccccc2)cc1. The van der Waals surface area contributed by atoms with Gasteiger partial charge < -0.3 is 29.3 Å². The Morgan fingerprint density at radius 2 is 1.50 bits per heavy atom. The Hall–Kier alpha value is -3.26. The molecule has 6 heteroatoms. The van der Waals surface area contributed by atoms with Crippen LogP contribution in [0, 0.1) is 5.92 Å². The fourth-order valence-electron chi connectivity index (χ4n) is 6.09. The van der Waals surface area contributed by atoms with Crippen molar-refractivity contribution < 1.29 is 14.2 Å². The third kappa shape index (κ3) is 9.62. The van der Waals surface area contributed by atoms with Crippen LogP contribution in [0.3, 0.4) is 0 Å². The molecule has 0 amide bonds. The first-order chi connectivity index (χ1) is 21.5. The van der Waals surface area contributed by atoms with Crippen LogP contribution in [0.25, 0.3) is 10.8 Å². The number of hydrogen-bond donors (Lipinski definition) is 1. The largest absolute Gasteiger partial charge is 0.494 e. The molecule has 0 saturated carbocycles. The van der Waals surface area contributed by atoms with E-state index in [4.69, 9.17) is 14.2 Å². The zero-order valence-corrected chi connectivity index (χ0v) is 26.7. The summed E-state index contributed by atoms with van der Waals surface area (Å²) in [6.45, 7) is 7.49. The molecule has 6 nitrogen and oxygen atoms in total. The smallest absolute Gasteiger partial charge is 0.119 e. The fraction of sp³-hybridized carbons (Fsp3) is 0.421. The van der Waals surface area contributed by atoms with Crippen LogP contribution in [-0.4, -0.2) is 83.0 Å². The second kappa shape index (κ2) is 16.7. The number of ether oxygens (including phenoxy) is 3. The van der Waals surface area contributed by atoms with Gasteiger partial charge in [-0.2, -0.15) is 0 Å². The molecule has 3 atom stereocenters. The maximum atomic E-state index is 6.73. The molecule has 0 radical (unpaired) electrons. The number of rotatable bonds is 16. The van der Waals surface area contributed by atoms with E-state index in [2.05, 4.69) is 115 Å². The average Bonchev–Trinajstić information content (AvgIpc) is 3.05. The second-order valence-electron chi connectivity index (χ2n) is 12.3. The Morgan fingerprint density at radius 1 is 0.727 bits per heavy atom. The van der Waals surface area contributed by atoms with Crippen LogP contribution in [0.4, 0.5) is 0 Å². The molecule has 1 N–H and O–H groups in total. The van der Waals surface area contributed by atoms with Crippen molar-refractivity contribution in [2.75, 3.05) is 67.1 Å². The van der Waals surface area contributed by atoms with Gasteiger partial charge in [-0.1, -0.05) is 78.9 Å². The van der Waals surface area contributed by atoms with Gasteiger partial charge in [-0.3, -0.25) is 0 Å². The maximum absolute atomic E-state index is 6.73. The normalized spacial score (nSPS) is 18.7. The standard InChI is InChI=1S/C38H49N3O3/c1-40(2)20-21-41(3)27-35-25-39-26-37(44-29-31-14-15-32-12-7-8-13-34(32)24-31)38(35)33-16-18-36(19-17-33)43-23-9-22-42-28-30-10-5-4-6-11-30/h4-8,10-19,24,35,37-39H,9,20-23,25-29H2,1-3H3/t35-,37-,38-/m0/s1. The minimum Gasteiger partial charge on any atom is -0.494 e. The van der Waals surface area contributed by atoms with Gasteiger partial charge >= 0.3 is 0 Å². The molecule has 0 spiro atoms. The minimum absolute atomic E-state index is 0.0796. The van der Waals surface area contributed by atoms with E-state index in [1.54, 1.807) is 0 Å². The summed E-state index contributed by atoms with van der Waals surface area (Å²) < 4.78 is 18.6. The zero-order chi connectivity index (χ0) is 30.6. The number of likely N-dealkylation sites (N-methyl/N-ethyl adjacent to an activating group) is 2. The predicted octanol–water partition coefficient (Wildman–Crippen LogP) is 6.21. The van der Waals surface area contributed by atoms with Gasteiger partial charge in [0, 0.05) is 38.5 Å². The molecule has 44 heavy (non-hydrogen) atoms. The average molecular weight is 596 g/mol. The Morgan fingerprint density at radius 3 is 2.30 bits per heavy atom. The zero-order valence-electron chi connectivity index (χ0n) is 26.7. The summed E-state index contributed by atoms with van der Waals surface area (Å²) >= 11 is 0. The highest BCUT2D eigenvalue weighted by Crippen LogP contribution is 2.34. The molecule has 1 heterocycles. The van der Waals surface area contributed by atoms with Crippen molar-refractivity contribution in [3.63, 3.8) is 0 Å². The Labute approximate surface area is 263 Å². The van der Waals surface area contributed by atoms with E-state index < -0.39 is 0 Å². The second-order valence-corrected chi connectivity index (χ2v) is 12.3. The Bertz CT molecular complexity index is 1400. The first-order valence-corrected chi connectivity index (χ1v) is 16.0. The van der Waals surface area contributed by atoms with E-state index in [1.165, 1.54) is 27.5 Å². The van der Waals surface area contributed by atoms with Crippen molar-refractivity contribution in [3.8, 4) is 5.75 Å².